The van der Waals surface area contributed by atoms with Gasteiger partial charge in [0.1, 0.15) is 5.82 Å². The van der Waals surface area contributed by atoms with E-state index in [1.807, 2.05) is 47.5 Å². The highest BCUT2D eigenvalue weighted by atomic mass is 35.5. The molecule has 0 bridgehead atoms. The molecule has 3 aromatic rings. The molecule has 0 spiro atoms. The Balaban J connectivity index is 1.74. The lowest BCUT2D eigenvalue weighted by molar-refractivity contribution is 0.627. The third-order valence-corrected chi connectivity index (χ3v) is 4.62. The second-order valence-corrected chi connectivity index (χ2v) is 6.44. The number of halogens is 2. The van der Waals surface area contributed by atoms with Gasteiger partial charge in [-0.05, 0) is 47.5 Å². The van der Waals surface area contributed by atoms with Crippen LogP contribution in [0.1, 0.15) is 23.6 Å². The zero-order valence-electron chi connectivity index (χ0n) is 13.4. The Labute approximate surface area is 151 Å². The van der Waals surface area contributed by atoms with Crippen LogP contribution in [0.5, 0.6) is 0 Å². The number of nitrogens with zero attached hydrogens (tertiary/aromatic N) is 2. The fourth-order valence-corrected chi connectivity index (χ4v) is 3.22. The third-order valence-electron chi connectivity index (χ3n) is 4.36. The topological polar surface area (TPSA) is 15.6 Å². The first kappa shape index (κ1) is 15.9. The molecule has 0 radical (unpaired) electrons. The fraction of sp³-hybridized carbons (Fsp3) is 0.0952. The van der Waals surface area contributed by atoms with Gasteiger partial charge in [0.2, 0.25) is 0 Å². The van der Waals surface area contributed by atoms with Gasteiger partial charge in [-0.15, -0.1) is 0 Å². The molecule has 0 aliphatic carbocycles. The maximum Gasteiger partial charge on any atom is 0.123 e. The first-order valence-electron chi connectivity index (χ1n) is 8.14. The van der Waals surface area contributed by atoms with Crippen LogP contribution in [0, 0.1) is 5.82 Å². The summed E-state index contributed by atoms with van der Waals surface area (Å²) in [7, 11) is 0. The van der Waals surface area contributed by atoms with E-state index in [4.69, 9.17) is 16.7 Å². The quantitative estimate of drug-likeness (QED) is 0.579. The summed E-state index contributed by atoms with van der Waals surface area (Å²) < 4.78 is 13.2. The van der Waals surface area contributed by atoms with Gasteiger partial charge in [-0.3, -0.25) is 5.01 Å². The molecule has 0 amide bonds. The summed E-state index contributed by atoms with van der Waals surface area (Å²) >= 11 is 6.02. The summed E-state index contributed by atoms with van der Waals surface area (Å²) in [5.74, 6) is -0.239. The van der Waals surface area contributed by atoms with Crippen molar-refractivity contribution in [3.8, 4) is 0 Å². The fourth-order valence-electron chi connectivity index (χ4n) is 3.09. The van der Waals surface area contributed by atoms with E-state index in [1.54, 1.807) is 12.1 Å². The first-order valence-corrected chi connectivity index (χ1v) is 8.52. The molecule has 124 valence electrons. The monoisotopic (exact) mass is 350 g/mol. The van der Waals surface area contributed by atoms with Gasteiger partial charge in [-0.1, -0.05) is 54.1 Å². The van der Waals surface area contributed by atoms with Gasteiger partial charge in [-0.25, -0.2) is 4.39 Å². The summed E-state index contributed by atoms with van der Waals surface area (Å²) in [4.78, 5) is 0. The molecule has 25 heavy (non-hydrogen) atoms. The van der Waals surface area contributed by atoms with Crippen molar-refractivity contribution < 1.29 is 4.39 Å². The van der Waals surface area contributed by atoms with Crippen molar-refractivity contribution in [1.82, 2.24) is 0 Å². The lowest BCUT2D eigenvalue weighted by atomic mass is 9.98. The largest absolute Gasteiger partial charge is 0.257 e. The van der Waals surface area contributed by atoms with E-state index in [9.17, 15) is 4.39 Å². The number of anilines is 1. The highest BCUT2D eigenvalue weighted by Crippen LogP contribution is 2.36. The number of hydrogen-bond acceptors (Lipinski definition) is 2. The van der Waals surface area contributed by atoms with Crippen molar-refractivity contribution in [1.29, 1.82) is 0 Å². The van der Waals surface area contributed by atoms with Crippen molar-refractivity contribution in [3.05, 3.63) is 101 Å². The van der Waals surface area contributed by atoms with Crippen LogP contribution in [0.25, 0.3) is 0 Å². The van der Waals surface area contributed by atoms with Crippen LogP contribution in [0.15, 0.2) is 84.0 Å². The summed E-state index contributed by atoms with van der Waals surface area (Å²) in [5, 5.41) is 7.54. The van der Waals surface area contributed by atoms with Crippen molar-refractivity contribution >= 4 is 23.0 Å². The minimum Gasteiger partial charge on any atom is -0.257 e. The van der Waals surface area contributed by atoms with Gasteiger partial charge < -0.3 is 0 Å². The molecule has 1 aliphatic heterocycles. The van der Waals surface area contributed by atoms with E-state index in [-0.39, 0.29) is 11.9 Å². The van der Waals surface area contributed by atoms with Crippen LogP contribution in [-0.2, 0) is 0 Å². The van der Waals surface area contributed by atoms with Crippen LogP contribution >= 0.6 is 11.6 Å². The van der Waals surface area contributed by atoms with Gasteiger partial charge in [0.15, 0.2) is 0 Å². The highest BCUT2D eigenvalue weighted by Gasteiger charge is 2.29. The molecule has 0 fully saturated rings. The van der Waals surface area contributed by atoms with Gasteiger partial charge in [0, 0.05) is 11.4 Å². The Morgan fingerprint density at radius 1 is 0.880 bits per heavy atom. The van der Waals surface area contributed by atoms with E-state index in [0.717, 1.165) is 23.4 Å². The second-order valence-electron chi connectivity index (χ2n) is 6.01. The second kappa shape index (κ2) is 6.69. The van der Waals surface area contributed by atoms with Gasteiger partial charge in [0.25, 0.3) is 0 Å². The molecular weight excluding hydrogens is 335 g/mol. The van der Waals surface area contributed by atoms with E-state index in [1.165, 1.54) is 17.7 Å². The Morgan fingerprint density at radius 3 is 2.24 bits per heavy atom. The summed E-state index contributed by atoms with van der Waals surface area (Å²) in [6.45, 7) is 0. The van der Waals surface area contributed by atoms with Crippen molar-refractivity contribution in [2.24, 2.45) is 5.10 Å². The van der Waals surface area contributed by atoms with Crippen molar-refractivity contribution in [2.45, 2.75) is 12.5 Å². The normalized spacial score (nSPS) is 16.8. The van der Waals surface area contributed by atoms with E-state index in [0.29, 0.717) is 5.02 Å². The van der Waals surface area contributed by atoms with E-state index >= 15 is 0 Å². The lowest BCUT2D eigenvalue weighted by Gasteiger charge is -2.24. The zero-order valence-corrected chi connectivity index (χ0v) is 14.2. The number of hydrogen-bond donors (Lipinski definition) is 0. The molecule has 0 saturated carbocycles. The van der Waals surface area contributed by atoms with Crippen LogP contribution in [0.2, 0.25) is 5.02 Å². The molecule has 3 aromatic carbocycles. The molecule has 4 rings (SSSR count). The Hall–Kier alpha value is -2.65. The molecule has 1 heterocycles. The summed E-state index contributed by atoms with van der Waals surface area (Å²) in [5.41, 5.74) is 4.07. The highest BCUT2D eigenvalue weighted by molar-refractivity contribution is 6.30. The Bertz CT molecular complexity index is 889. The average Bonchev–Trinajstić information content (AvgIpc) is 3.09. The standard InChI is InChI=1S/C21H16ClFN2/c22-17-8-12-19(13-9-17)25-21(16-4-2-1-3-5-16)14-20(24-25)15-6-10-18(23)11-7-15/h1-13,21H,14H2. The van der Waals surface area contributed by atoms with Crippen molar-refractivity contribution in [3.63, 3.8) is 0 Å². The molecule has 1 aliphatic rings. The summed E-state index contributed by atoms with van der Waals surface area (Å²) in [6.07, 6.45) is 0.762. The van der Waals surface area contributed by atoms with Gasteiger partial charge in [-0.2, -0.15) is 5.10 Å². The minimum atomic E-state index is -0.239. The molecule has 4 heteroatoms. The van der Waals surface area contributed by atoms with Crippen LogP contribution in [-0.4, -0.2) is 5.71 Å². The molecule has 0 saturated heterocycles. The molecule has 0 aromatic heterocycles. The number of rotatable bonds is 3. The zero-order chi connectivity index (χ0) is 17.2. The Kier molecular flexibility index (Phi) is 4.24. The third kappa shape index (κ3) is 3.28. The predicted octanol–water partition coefficient (Wildman–Crippen LogP) is 5.83. The SMILES string of the molecule is Fc1ccc(C2=NN(c3ccc(Cl)cc3)C(c3ccccc3)C2)cc1. The maximum absolute atomic E-state index is 13.2. The average molecular weight is 351 g/mol. The maximum atomic E-state index is 13.2. The van der Waals surface area contributed by atoms with Gasteiger partial charge in [0.05, 0.1) is 17.4 Å². The molecule has 1 atom stereocenters. The first-order chi connectivity index (χ1) is 12.2. The molecule has 1 unspecified atom stereocenters. The smallest absolute Gasteiger partial charge is 0.123 e. The van der Waals surface area contributed by atoms with Crippen LogP contribution < -0.4 is 5.01 Å². The lowest BCUT2D eigenvalue weighted by Crippen LogP contribution is -2.18. The number of hydrazone groups is 1. The molecule has 2 nitrogen and oxygen atoms in total. The minimum absolute atomic E-state index is 0.0995. The Morgan fingerprint density at radius 2 is 1.56 bits per heavy atom. The molecular formula is C21H16ClFN2. The number of benzene rings is 3. The van der Waals surface area contributed by atoms with Crippen molar-refractivity contribution in [2.75, 3.05) is 5.01 Å². The van der Waals surface area contributed by atoms with E-state index in [2.05, 4.69) is 12.1 Å². The molecule has 0 N–H and O–H groups in total. The van der Waals surface area contributed by atoms with Crippen LogP contribution in [0.4, 0.5) is 10.1 Å². The van der Waals surface area contributed by atoms with E-state index < -0.39 is 0 Å². The summed E-state index contributed by atoms with van der Waals surface area (Å²) in [6, 6.07) is 24.6. The predicted molar refractivity (Wildman–Crippen MR) is 101 cm³/mol. The van der Waals surface area contributed by atoms with Crippen LogP contribution in [0.3, 0.4) is 0 Å². The van der Waals surface area contributed by atoms with Gasteiger partial charge >= 0.3 is 0 Å².